The van der Waals surface area contributed by atoms with E-state index in [-0.39, 0.29) is 12.5 Å². The summed E-state index contributed by atoms with van der Waals surface area (Å²) in [7, 11) is 1.61. The molecule has 0 aliphatic carbocycles. The molecule has 17 heavy (non-hydrogen) atoms. The van der Waals surface area contributed by atoms with Crippen molar-refractivity contribution >= 4 is 27.5 Å². The van der Waals surface area contributed by atoms with Crippen molar-refractivity contribution in [1.29, 1.82) is 0 Å². The SMILES string of the molecule is CCCNC(=O)CNc1ccc(Br)c(OC)c1. The number of amides is 1. The maximum Gasteiger partial charge on any atom is 0.239 e. The predicted octanol–water partition coefficient (Wildman–Crippen LogP) is 2.40. The fraction of sp³-hybridized carbons (Fsp3) is 0.417. The lowest BCUT2D eigenvalue weighted by Crippen LogP contribution is -2.30. The van der Waals surface area contributed by atoms with E-state index >= 15 is 0 Å². The quantitative estimate of drug-likeness (QED) is 0.848. The Morgan fingerprint density at radius 2 is 2.24 bits per heavy atom. The molecule has 4 nitrogen and oxygen atoms in total. The van der Waals surface area contributed by atoms with Crippen LogP contribution in [0.25, 0.3) is 0 Å². The van der Waals surface area contributed by atoms with E-state index in [1.165, 1.54) is 0 Å². The Labute approximate surface area is 110 Å². The molecule has 0 fully saturated rings. The maximum atomic E-state index is 11.4. The molecule has 1 aromatic rings. The zero-order valence-electron chi connectivity index (χ0n) is 10.0. The highest BCUT2D eigenvalue weighted by atomic mass is 79.9. The van der Waals surface area contributed by atoms with Crippen LogP contribution in [0.2, 0.25) is 0 Å². The second kappa shape index (κ2) is 7.17. The number of carbonyl (C=O) groups excluding carboxylic acids is 1. The Morgan fingerprint density at radius 1 is 1.47 bits per heavy atom. The number of rotatable bonds is 6. The molecule has 0 unspecified atom stereocenters. The van der Waals surface area contributed by atoms with E-state index in [1.54, 1.807) is 7.11 Å². The Bertz CT molecular complexity index is 383. The minimum atomic E-state index is -0.00580. The van der Waals surface area contributed by atoms with Gasteiger partial charge in [0.05, 0.1) is 18.1 Å². The standard InChI is InChI=1S/C12H17BrN2O2/c1-3-6-14-12(16)8-15-9-4-5-10(13)11(7-9)17-2/h4-5,7,15H,3,6,8H2,1-2H3,(H,14,16). The van der Waals surface area contributed by atoms with Gasteiger partial charge in [-0.2, -0.15) is 0 Å². The van der Waals surface area contributed by atoms with Crippen LogP contribution in [0.5, 0.6) is 5.75 Å². The van der Waals surface area contributed by atoms with Gasteiger partial charge in [-0.15, -0.1) is 0 Å². The highest BCUT2D eigenvalue weighted by Gasteiger charge is 2.03. The number of hydrogen-bond donors (Lipinski definition) is 2. The first kappa shape index (κ1) is 13.8. The van der Waals surface area contributed by atoms with Gasteiger partial charge in [0, 0.05) is 18.3 Å². The Morgan fingerprint density at radius 3 is 2.88 bits per heavy atom. The zero-order valence-corrected chi connectivity index (χ0v) is 11.6. The van der Waals surface area contributed by atoms with E-state index in [2.05, 4.69) is 26.6 Å². The third kappa shape index (κ3) is 4.65. The molecule has 1 aromatic carbocycles. The van der Waals surface area contributed by atoms with Crippen LogP contribution in [0, 0.1) is 0 Å². The lowest BCUT2D eigenvalue weighted by molar-refractivity contribution is -0.119. The van der Waals surface area contributed by atoms with Crippen LogP contribution in [-0.4, -0.2) is 26.1 Å². The summed E-state index contributed by atoms with van der Waals surface area (Å²) in [5.74, 6) is 0.734. The molecule has 0 saturated carbocycles. The van der Waals surface area contributed by atoms with E-state index in [9.17, 15) is 4.79 Å². The fourth-order valence-corrected chi connectivity index (χ4v) is 1.69. The lowest BCUT2D eigenvalue weighted by atomic mass is 10.3. The van der Waals surface area contributed by atoms with Crippen molar-refractivity contribution < 1.29 is 9.53 Å². The zero-order chi connectivity index (χ0) is 12.7. The number of anilines is 1. The van der Waals surface area contributed by atoms with Gasteiger partial charge in [0.1, 0.15) is 5.75 Å². The van der Waals surface area contributed by atoms with Gasteiger partial charge in [0.15, 0.2) is 0 Å². The third-order valence-electron chi connectivity index (χ3n) is 2.18. The van der Waals surface area contributed by atoms with E-state index in [0.717, 1.165) is 22.3 Å². The van der Waals surface area contributed by atoms with Crippen molar-refractivity contribution in [3.63, 3.8) is 0 Å². The molecule has 0 spiro atoms. The van der Waals surface area contributed by atoms with E-state index < -0.39 is 0 Å². The van der Waals surface area contributed by atoms with Gasteiger partial charge < -0.3 is 15.4 Å². The summed E-state index contributed by atoms with van der Waals surface area (Å²) < 4.78 is 6.06. The van der Waals surface area contributed by atoms with E-state index in [1.807, 2.05) is 25.1 Å². The van der Waals surface area contributed by atoms with Crippen molar-refractivity contribution in [2.45, 2.75) is 13.3 Å². The average molecular weight is 301 g/mol. The van der Waals surface area contributed by atoms with Gasteiger partial charge >= 0.3 is 0 Å². The van der Waals surface area contributed by atoms with Crippen molar-refractivity contribution in [3.05, 3.63) is 22.7 Å². The molecule has 2 N–H and O–H groups in total. The first-order valence-corrected chi connectivity index (χ1v) is 6.30. The Kier molecular flexibility index (Phi) is 5.83. The number of hydrogen-bond acceptors (Lipinski definition) is 3. The van der Waals surface area contributed by atoms with Gasteiger partial charge in [-0.3, -0.25) is 4.79 Å². The summed E-state index contributed by atoms with van der Waals surface area (Å²) in [6.45, 7) is 3.00. The second-order valence-corrected chi connectivity index (χ2v) is 4.41. The number of methoxy groups -OCH3 is 1. The van der Waals surface area contributed by atoms with Crippen LogP contribution in [0.3, 0.4) is 0 Å². The summed E-state index contributed by atoms with van der Waals surface area (Å²) in [6.07, 6.45) is 0.942. The van der Waals surface area contributed by atoms with Gasteiger partial charge in [-0.25, -0.2) is 0 Å². The first-order valence-electron chi connectivity index (χ1n) is 5.51. The summed E-state index contributed by atoms with van der Waals surface area (Å²) in [5.41, 5.74) is 0.858. The predicted molar refractivity (Wildman–Crippen MR) is 72.5 cm³/mol. The molecular formula is C12H17BrN2O2. The van der Waals surface area contributed by atoms with Crippen molar-refractivity contribution in [1.82, 2.24) is 5.32 Å². The second-order valence-electron chi connectivity index (χ2n) is 3.55. The molecule has 0 radical (unpaired) electrons. The number of nitrogens with one attached hydrogen (secondary N) is 2. The lowest BCUT2D eigenvalue weighted by Gasteiger charge is -2.09. The molecule has 0 atom stereocenters. The molecule has 94 valence electrons. The number of benzene rings is 1. The number of ether oxygens (including phenoxy) is 1. The maximum absolute atomic E-state index is 11.4. The molecule has 0 aromatic heterocycles. The molecule has 0 aliphatic rings. The molecule has 0 heterocycles. The van der Waals surface area contributed by atoms with Crippen LogP contribution in [-0.2, 0) is 4.79 Å². The minimum Gasteiger partial charge on any atom is -0.495 e. The topological polar surface area (TPSA) is 50.4 Å². The molecule has 1 rings (SSSR count). The summed E-state index contributed by atoms with van der Waals surface area (Å²) in [5, 5.41) is 5.84. The Hall–Kier alpha value is -1.23. The van der Waals surface area contributed by atoms with Gasteiger partial charge in [0.25, 0.3) is 0 Å². The normalized spacial score (nSPS) is 9.82. The highest BCUT2D eigenvalue weighted by molar-refractivity contribution is 9.10. The molecule has 1 amide bonds. The van der Waals surface area contributed by atoms with Crippen molar-refractivity contribution in [2.75, 3.05) is 25.5 Å². The molecule has 0 saturated heterocycles. The number of carbonyl (C=O) groups is 1. The van der Waals surface area contributed by atoms with Gasteiger partial charge in [-0.1, -0.05) is 6.92 Å². The van der Waals surface area contributed by atoms with Gasteiger partial charge in [-0.05, 0) is 34.5 Å². The molecule has 0 bridgehead atoms. The number of halogens is 1. The Balaban J connectivity index is 2.49. The van der Waals surface area contributed by atoms with Crippen LogP contribution in [0.4, 0.5) is 5.69 Å². The average Bonchev–Trinajstić information content (AvgIpc) is 2.35. The monoisotopic (exact) mass is 300 g/mol. The van der Waals surface area contributed by atoms with Gasteiger partial charge in [0.2, 0.25) is 5.91 Å². The first-order chi connectivity index (χ1) is 8.17. The van der Waals surface area contributed by atoms with Crippen molar-refractivity contribution in [2.24, 2.45) is 0 Å². The van der Waals surface area contributed by atoms with Crippen LogP contribution < -0.4 is 15.4 Å². The highest BCUT2D eigenvalue weighted by Crippen LogP contribution is 2.27. The van der Waals surface area contributed by atoms with Crippen molar-refractivity contribution in [3.8, 4) is 5.75 Å². The largest absolute Gasteiger partial charge is 0.495 e. The fourth-order valence-electron chi connectivity index (χ4n) is 1.28. The molecule has 5 heteroatoms. The van der Waals surface area contributed by atoms with Crippen LogP contribution >= 0.6 is 15.9 Å². The van der Waals surface area contributed by atoms with Crippen LogP contribution in [0.1, 0.15) is 13.3 Å². The molecule has 0 aliphatic heterocycles. The van der Waals surface area contributed by atoms with E-state index in [4.69, 9.17) is 4.74 Å². The minimum absolute atomic E-state index is 0.00580. The third-order valence-corrected chi connectivity index (χ3v) is 2.83. The summed E-state index contributed by atoms with van der Waals surface area (Å²) in [4.78, 5) is 11.4. The summed E-state index contributed by atoms with van der Waals surface area (Å²) in [6, 6.07) is 5.61. The summed E-state index contributed by atoms with van der Waals surface area (Å²) >= 11 is 3.37. The molecular weight excluding hydrogens is 284 g/mol. The van der Waals surface area contributed by atoms with E-state index in [0.29, 0.717) is 6.54 Å². The van der Waals surface area contributed by atoms with Crippen LogP contribution in [0.15, 0.2) is 22.7 Å². The smallest absolute Gasteiger partial charge is 0.239 e.